The van der Waals surface area contributed by atoms with E-state index in [0.717, 1.165) is 5.56 Å². The lowest BCUT2D eigenvalue weighted by Crippen LogP contribution is -2.74. The van der Waals surface area contributed by atoms with E-state index in [2.05, 4.69) is 53.6 Å². The number of halogens is 1. The molecule has 0 aromatic carbocycles. The summed E-state index contributed by atoms with van der Waals surface area (Å²) < 4.78 is 6.92. The van der Waals surface area contributed by atoms with Gasteiger partial charge in [0.05, 0.1) is 16.2 Å². The van der Waals surface area contributed by atoms with Crippen LogP contribution in [-0.4, -0.2) is 32.9 Å². The van der Waals surface area contributed by atoms with E-state index < -0.39 is 0 Å². The number of amides is 1. The third-order valence-corrected chi connectivity index (χ3v) is 6.60. The number of hydrogen-bond donors (Lipinski definition) is 0. The maximum atomic E-state index is 13.0. The predicted octanol–water partition coefficient (Wildman–Crippen LogP) is 3.95. The van der Waals surface area contributed by atoms with E-state index in [1.54, 1.807) is 24.7 Å². The highest BCUT2D eigenvalue weighted by atomic mass is 79.9. The normalized spacial score (nSPS) is 24.3. The Kier molecular flexibility index (Phi) is 4.23. The summed E-state index contributed by atoms with van der Waals surface area (Å²) in [7, 11) is 0. The molecular weight excluding hydrogens is 420 g/mol. The van der Waals surface area contributed by atoms with Crippen LogP contribution >= 0.6 is 15.9 Å². The number of aromatic nitrogens is 2. The van der Waals surface area contributed by atoms with Gasteiger partial charge >= 0.3 is 0 Å². The number of nitrogens with zero attached hydrogens (tertiary/aromatic N) is 4. The molecule has 0 saturated heterocycles. The van der Waals surface area contributed by atoms with Gasteiger partial charge in [0.15, 0.2) is 5.69 Å². The molecule has 2 aliphatic rings. The summed E-state index contributed by atoms with van der Waals surface area (Å²) in [5.41, 5.74) is 1.53. The Morgan fingerprint density at radius 1 is 1.29 bits per heavy atom. The second-order valence-corrected chi connectivity index (χ2v) is 9.48. The van der Waals surface area contributed by atoms with Gasteiger partial charge in [-0.15, -0.1) is 0 Å². The van der Waals surface area contributed by atoms with Gasteiger partial charge in [0.25, 0.3) is 5.91 Å². The highest BCUT2D eigenvalue weighted by Gasteiger charge is 2.67. The number of fused-ring (bicyclic) bond motifs is 1. The monoisotopic (exact) mass is 440 g/mol. The number of carbonyl (C=O) groups excluding carboxylic acids is 1. The van der Waals surface area contributed by atoms with Crippen LogP contribution in [0.4, 0.5) is 0 Å². The minimum Gasteiger partial charge on any atom is -0.487 e. The molecule has 144 valence electrons. The summed E-state index contributed by atoms with van der Waals surface area (Å²) >= 11 is 3.36. The van der Waals surface area contributed by atoms with Crippen molar-refractivity contribution in [2.75, 3.05) is 0 Å². The van der Waals surface area contributed by atoms with Crippen LogP contribution in [0, 0.1) is 22.2 Å². The zero-order valence-corrected chi connectivity index (χ0v) is 17.8. The smallest absolute Gasteiger partial charge is 0.256 e. The molecular formula is C21H21BrN4O2. The quantitative estimate of drug-likeness (QED) is 0.721. The number of ether oxygens (including phenoxy) is 1. The van der Waals surface area contributed by atoms with Crippen LogP contribution in [-0.2, 0) is 6.54 Å². The van der Waals surface area contributed by atoms with Crippen LogP contribution in [0.25, 0.3) is 0 Å². The fourth-order valence-corrected chi connectivity index (χ4v) is 5.71. The molecule has 0 radical (unpaired) electrons. The maximum absolute atomic E-state index is 13.0. The van der Waals surface area contributed by atoms with Crippen LogP contribution in [0.15, 0.2) is 35.2 Å². The highest BCUT2D eigenvalue weighted by Crippen LogP contribution is 2.59. The molecule has 28 heavy (non-hydrogen) atoms. The van der Waals surface area contributed by atoms with Crippen molar-refractivity contribution in [2.45, 2.75) is 46.4 Å². The van der Waals surface area contributed by atoms with Crippen LogP contribution < -0.4 is 4.74 Å². The van der Waals surface area contributed by atoms with Gasteiger partial charge < -0.3 is 9.64 Å². The zero-order valence-electron chi connectivity index (χ0n) is 16.2. The molecule has 0 unspecified atom stereocenters. The zero-order chi connectivity index (χ0) is 20.3. The largest absolute Gasteiger partial charge is 0.487 e. The summed E-state index contributed by atoms with van der Waals surface area (Å²) in [4.78, 5) is 23.2. The van der Waals surface area contributed by atoms with E-state index in [1.807, 2.05) is 17.0 Å². The minimum absolute atomic E-state index is 0.0275. The van der Waals surface area contributed by atoms with Crippen LogP contribution in [0.3, 0.4) is 0 Å². The van der Waals surface area contributed by atoms with E-state index in [0.29, 0.717) is 28.0 Å². The Hall–Kier alpha value is -2.46. The van der Waals surface area contributed by atoms with E-state index in [-0.39, 0.29) is 28.9 Å². The first-order valence-corrected chi connectivity index (χ1v) is 9.93. The number of nitriles is 1. The van der Waals surface area contributed by atoms with Gasteiger partial charge in [0.1, 0.15) is 17.9 Å². The summed E-state index contributed by atoms with van der Waals surface area (Å²) in [6, 6.07) is 5.75. The molecule has 0 spiro atoms. The molecule has 1 saturated carbocycles. The van der Waals surface area contributed by atoms with Gasteiger partial charge in [-0.2, -0.15) is 5.26 Å². The van der Waals surface area contributed by atoms with Crippen molar-refractivity contribution in [3.05, 3.63) is 52.0 Å². The first-order chi connectivity index (χ1) is 13.2. The lowest BCUT2D eigenvalue weighted by Gasteiger charge is -2.65. The number of carbonyl (C=O) groups is 1. The Bertz CT molecular complexity index is 996. The Morgan fingerprint density at radius 3 is 2.61 bits per heavy atom. The average Bonchev–Trinajstić information content (AvgIpc) is 2.95. The lowest BCUT2D eigenvalue weighted by atomic mass is 9.49. The van der Waals surface area contributed by atoms with E-state index in [9.17, 15) is 4.79 Å². The summed E-state index contributed by atoms with van der Waals surface area (Å²) in [6.07, 6.45) is 4.85. The third-order valence-electron chi connectivity index (χ3n) is 5.99. The van der Waals surface area contributed by atoms with Crippen molar-refractivity contribution >= 4 is 21.8 Å². The highest BCUT2D eigenvalue weighted by molar-refractivity contribution is 9.10. The van der Waals surface area contributed by atoms with E-state index >= 15 is 0 Å². The summed E-state index contributed by atoms with van der Waals surface area (Å²) in [5, 5.41) is 9.04. The van der Waals surface area contributed by atoms with Gasteiger partial charge in [-0.3, -0.25) is 9.78 Å². The van der Waals surface area contributed by atoms with Gasteiger partial charge in [-0.25, -0.2) is 4.98 Å². The SMILES string of the molecule is CC1(C)[C@H](Oc2cnc(C#N)c(Br)c2)C(C)(C)[C@H]1N1Cc2ccncc2C1=O. The lowest BCUT2D eigenvalue weighted by molar-refractivity contribution is -0.199. The Morgan fingerprint density at radius 2 is 2.00 bits per heavy atom. The topological polar surface area (TPSA) is 79.1 Å². The van der Waals surface area contributed by atoms with Crippen molar-refractivity contribution in [1.29, 1.82) is 5.26 Å². The summed E-state index contributed by atoms with van der Waals surface area (Å²) in [6.45, 7) is 9.13. The first-order valence-electron chi connectivity index (χ1n) is 9.14. The first kappa shape index (κ1) is 18.9. The molecule has 1 fully saturated rings. The van der Waals surface area contributed by atoms with Gasteiger partial charge in [0.2, 0.25) is 0 Å². The second kappa shape index (κ2) is 6.28. The van der Waals surface area contributed by atoms with Crippen LogP contribution in [0.2, 0.25) is 0 Å². The van der Waals surface area contributed by atoms with E-state index in [1.165, 1.54) is 0 Å². The van der Waals surface area contributed by atoms with Crippen molar-refractivity contribution in [3.63, 3.8) is 0 Å². The molecule has 2 aromatic rings. The number of pyridine rings is 2. The van der Waals surface area contributed by atoms with Crippen molar-refractivity contribution in [3.8, 4) is 11.8 Å². The molecule has 0 bridgehead atoms. The molecule has 4 rings (SSSR count). The molecule has 1 aliphatic heterocycles. The molecule has 2 aromatic heterocycles. The molecule has 1 amide bonds. The van der Waals surface area contributed by atoms with Crippen molar-refractivity contribution < 1.29 is 9.53 Å². The van der Waals surface area contributed by atoms with Crippen LogP contribution in [0.5, 0.6) is 5.75 Å². The van der Waals surface area contributed by atoms with Crippen LogP contribution in [0.1, 0.15) is 49.3 Å². The minimum atomic E-state index is -0.255. The van der Waals surface area contributed by atoms with Gasteiger partial charge in [-0.1, -0.05) is 27.7 Å². The van der Waals surface area contributed by atoms with Crippen molar-refractivity contribution in [2.24, 2.45) is 10.8 Å². The molecule has 0 atom stereocenters. The third kappa shape index (κ3) is 2.62. The fourth-order valence-electron chi connectivity index (χ4n) is 5.29. The summed E-state index contributed by atoms with van der Waals surface area (Å²) in [5.74, 6) is 0.645. The van der Waals surface area contributed by atoms with E-state index in [4.69, 9.17) is 10.00 Å². The molecule has 3 heterocycles. The van der Waals surface area contributed by atoms with Gasteiger partial charge in [0, 0.05) is 35.8 Å². The molecule has 1 aliphatic carbocycles. The molecule has 7 heteroatoms. The Balaban J connectivity index is 1.60. The standard InChI is InChI=1S/C21H21BrN4O2/c1-20(2)18(26-11-12-5-6-24-10-14(12)17(26)27)21(3,4)19(20)28-13-7-15(22)16(8-23)25-9-13/h5-7,9-10,18-19H,11H2,1-4H3/t18-,19-. The van der Waals surface area contributed by atoms with Crippen molar-refractivity contribution in [1.82, 2.24) is 14.9 Å². The molecule has 0 N–H and O–H groups in total. The number of hydrogen-bond acceptors (Lipinski definition) is 5. The predicted molar refractivity (Wildman–Crippen MR) is 107 cm³/mol. The average molecular weight is 441 g/mol. The van der Waals surface area contributed by atoms with Gasteiger partial charge in [-0.05, 0) is 33.6 Å². The maximum Gasteiger partial charge on any atom is 0.256 e. The number of rotatable bonds is 3. The molecule has 6 nitrogen and oxygen atoms in total. The second-order valence-electron chi connectivity index (χ2n) is 8.62. The Labute approximate surface area is 172 Å². The fraction of sp³-hybridized carbons (Fsp3) is 0.429.